The van der Waals surface area contributed by atoms with Crippen molar-refractivity contribution in [2.75, 3.05) is 13.1 Å². The summed E-state index contributed by atoms with van der Waals surface area (Å²) in [5.74, 6) is -0.417. The summed E-state index contributed by atoms with van der Waals surface area (Å²) in [5, 5.41) is 2.69. The molecule has 0 saturated carbocycles. The van der Waals surface area contributed by atoms with Crippen molar-refractivity contribution >= 4 is 31.9 Å². The van der Waals surface area contributed by atoms with E-state index < -0.39 is 15.8 Å². The Morgan fingerprint density at radius 1 is 1.38 bits per heavy atom. The Morgan fingerprint density at radius 3 is 2.62 bits per heavy atom. The van der Waals surface area contributed by atoms with Crippen molar-refractivity contribution in [3.63, 3.8) is 0 Å². The average molecular weight is 381 g/mol. The summed E-state index contributed by atoms with van der Waals surface area (Å²) >= 11 is 3.01. The van der Waals surface area contributed by atoms with Crippen molar-refractivity contribution in [1.29, 1.82) is 0 Å². The van der Waals surface area contributed by atoms with Gasteiger partial charge in [0.1, 0.15) is 5.82 Å². The van der Waals surface area contributed by atoms with E-state index in [1.165, 1.54) is 6.07 Å². The molecule has 1 aromatic rings. The minimum Gasteiger partial charge on any atom is -0.356 e. The predicted molar refractivity (Wildman–Crippen MR) is 81.8 cm³/mol. The molecular formula is C13H18BrFN2O3S. The fraction of sp³-hybridized carbons (Fsp3) is 0.462. The van der Waals surface area contributed by atoms with E-state index in [2.05, 4.69) is 26.0 Å². The largest absolute Gasteiger partial charge is 0.356 e. The SMILES string of the molecule is CC(C)CNC(=O)CCNS(=O)(=O)c1ccc(F)cc1Br. The van der Waals surface area contributed by atoms with Crippen LogP contribution in [-0.4, -0.2) is 27.4 Å². The van der Waals surface area contributed by atoms with Crippen molar-refractivity contribution in [2.45, 2.75) is 25.2 Å². The van der Waals surface area contributed by atoms with Crippen molar-refractivity contribution in [1.82, 2.24) is 10.0 Å². The van der Waals surface area contributed by atoms with Gasteiger partial charge in [0.2, 0.25) is 15.9 Å². The van der Waals surface area contributed by atoms with E-state index in [4.69, 9.17) is 0 Å². The van der Waals surface area contributed by atoms with Crippen molar-refractivity contribution in [3.8, 4) is 0 Å². The van der Waals surface area contributed by atoms with Crippen LogP contribution in [0.4, 0.5) is 4.39 Å². The molecule has 0 aromatic heterocycles. The predicted octanol–water partition coefficient (Wildman–Crippen LogP) is 2.03. The van der Waals surface area contributed by atoms with Gasteiger partial charge in [-0.05, 0) is 40.0 Å². The highest BCUT2D eigenvalue weighted by Gasteiger charge is 2.18. The number of halogens is 2. The number of amides is 1. The molecule has 0 aliphatic rings. The highest BCUT2D eigenvalue weighted by Crippen LogP contribution is 2.22. The first-order valence-electron chi connectivity index (χ1n) is 6.44. The molecular weight excluding hydrogens is 363 g/mol. The fourth-order valence-corrected chi connectivity index (χ4v) is 3.56. The minimum absolute atomic E-state index is 0.0178. The number of sulfonamides is 1. The van der Waals surface area contributed by atoms with Crippen LogP contribution < -0.4 is 10.0 Å². The van der Waals surface area contributed by atoms with Gasteiger partial charge in [-0.3, -0.25) is 4.79 Å². The second-order valence-electron chi connectivity index (χ2n) is 4.92. The molecule has 0 radical (unpaired) electrons. The number of hydrogen-bond acceptors (Lipinski definition) is 3. The van der Waals surface area contributed by atoms with E-state index in [0.29, 0.717) is 12.5 Å². The topological polar surface area (TPSA) is 75.3 Å². The zero-order chi connectivity index (χ0) is 16.0. The van der Waals surface area contributed by atoms with Gasteiger partial charge in [0, 0.05) is 24.0 Å². The first-order valence-corrected chi connectivity index (χ1v) is 8.71. The van der Waals surface area contributed by atoms with Crippen LogP contribution in [0, 0.1) is 11.7 Å². The average Bonchev–Trinajstić information content (AvgIpc) is 2.35. The van der Waals surface area contributed by atoms with Gasteiger partial charge < -0.3 is 5.32 Å². The number of rotatable bonds is 7. The fourth-order valence-electron chi connectivity index (χ4n) is 1.48. The number of benzene rings is 1. The van der Waals surface area contributed by atoms with Crippen LogP contribution in [0.3, 0.4) is 0 Å². The summed E-state index contributed by atoms with van der Waals surface area (Å²) in [7, 11) is -3.78. The Hall–Kier alpha value is -0.990. The molecule has 0 bridgehead atoms. The second-order valence-corrected chi connectivity index (χ2v) is 7.51. The molecule has 118 valence electrons. The Balaban J connectivity index is 2.56. The zero-order valence-electron chi connectivity index (χ0n) is 11.8. The summed E-state index contributed by atoms with van der Waals surface area (Å²) < 4.78 is 39.4. The molecule has 0 heterocycles. The quantitative estimate of drug-likeness (QED) is 0.759. The summed E-state index contributed by atoms with van der Waals surface area (Å²) in [6.07, 6.45) is 0.0464. The molecule has 5 nitrogen and oxygen atoms in total. The van der Waals surface area contributed by atoms with Crippen LogP contribution in [0.1, 0.15) is 20.3 Å². The lowest BCUT2D eigenvalue weighted by Gasteiger charge is -2.10. The molecule has 0 aliphatic heterocycles. The molecule has 1 rings (SSSR count). The molecule has 0 aliphatic carbocycles. The summed E-state index contributed by atoms with van der Waals surface area (Å²) in [6.45, 7) is 4.47. The molecule has 1 aromatic carbocycles. The van der Waals surface area contributed by atoms with Gasteiger partial charge in [-0.2, -0.15) is 0 Å². The third-order valence-corrected chi connectivity index (χ3v) is 4.97. The van der Waals surface area contributed by atoms with Crippen LogP contribution in [-0.2, 0) is 14.8 Å². The van der Waals surface area contributed by atoms with Crippen molar-refractivity contribution in [3.05, 3.63) is 28.5 Å². The van der Waals surface area contributed by atoms with E-state index in [-0.39, 0.29) is 28.2 Å². The van der Waals surface area contributed by atoms with Crippen LogP contribution in [0.25, 0.3) is 0 Å². The molecule has 0 fully saturated rings. The van der Waals surface area contributed by atoms with Gasteiger partial charge in [0.05, 0.1) is 4.90 Å². The molecule has 0 unspecified atom stereocenters. The van der Waals surface area contributed by atoms with Crippen LogP contribution in [0.2, 0.25) is 0 Å². The third kappa shape index (κ3) is 6.11. The lowest BCUT2D eigenvalue weighted by Crippen LogP contribution is -2.32. The molecule has 0 atom stereocenters. The monoisotopic (exact) mass is 380 g/mol. The molecule has 2 N–H and O–H groups in total. The first kappa shape index (κ1) is 18.1. The van der Waals surface area contributed by atoms with E-state index in [1.54, 1.807) is 0 Å². The summed E-state index contributed by atoms with van der Waals surface area (Å²) in [6, 6.07) is 3.30. The number of hydrogen-bond donors (Lipinski definition) is 2. The first-order chi connectivity index (χ1) is 9.72. The third-order valence-electron chi connectivity index (χ3n) is 2.54. The zero-order valence-corrected chi connectivity index (χ0v) is 14.2. The summed E-state index contributed by atoms with van der Waals surface area (Å²) in [5.41, 5.74) is 0. The molecule has 0 saturated heterocycles. The Morgan fingerprint density at radius 2 is 2.05 bits per heavy atom. The maximum absolute atomic E-state index is 12.9. The van der Waals surface area contributed by atoms with Crippen LogP contribution in [0.15, 0.2) is 27.6 Å². The molecule has 0 spiro atoms. The Labute approximate surface area is 132 Å². The summed E-state index contributed by atoms with van der Waals surface area (Å²) in [4.78, 5) is 11.4. The smallest absolute Gasteiger partial charge is 0.241 e. The number of nitrogens with one attached hydrogen (secondary N) is 2. The van der Waals surface area contributed by atoms with Crippen LogP contribution >= 0.6 is 15.9 Å². The highest BCUT2D eigenvalue weighted by atomic mass is 79.9. The molecule has 8 heteroatoms. The van der Waals surface area contributed by atoms with Gasteiger partial charge >= 0.3 is 0 Å². The van der Waals surface area contributed by atoms with Gasteiger partial charge in [-0.1, -0.05) is 13.8 Å². The van der Waals surface area contributed by atoms with Gasteiger partial charge in [0.15, 0.2) is 0 Å². The minimum atomic E-state index is -3.78. The number of carbonyl (C=O) groups is 1. The van der Waals surface area contributed by atoms with Crippen molar-refractivity contribution in [2.24, 2.45) is 5.92 Å². The Kier molecular flexibility index (Phi) is 6.76. The van der Waals surface area contributed by atoms with E-state index in [1.807, 2.05) is 13.8 Å². The van der Waals surface area contributed by atoms with Crippen molar-refractivity contribution < 1.29 is 17.6 Å². The lowest BCUT2D eigenvalue weighted by atomic mass is 10.2. The highest BCUT2D eigenvalue weighted by molar-refractivity contribution is 9.10. The van der Waals surface area contributed by atoms with Gasteiger partial charge in [-0.15, -0.1) is 0 Å². The van der Waals surface area contributed by atoms with E-state index in [0.717, 1.165) is 12.1 Å². The Bertz CT molecular complexity index is 605. The van der Waals surface area contributed by atoms with E-state index in [9.17, 15) is 17.6 Å². The molecule has 21 heavy (non-hydrogen) atoms. The van der Waals surface area contributed by atoms with Gasteiger partial charge in [-0.25, -0.2) is 17.5 Å². The molecule has 1 amide bonds. The van der Waals surface area contributed by atoms with E-state index >= 15 is 0 Å². The normalized spacial score (nSPS) is 11.7. The lowest BCUT2D eigenvalue weighted by molar-refractivity contribution is -0.121. The van der Waals surface area contributed by atoms with Gasteiger partial charge in [0.25, 0.3) is 0 Å². The number of carbonyl (C=O) groups excluding carboxylic acids is 1. The standard InChI is InChI=1S/C13H18BrFN2O3S/c1-9(2)8-16-13(18)5-6-17-21(19,20)12-4-3-10(15)7-11(12)14/h3-4,7,9,17H,5-6,8H2,1-2H3,(H,16,18). The van der Waals surface area contributed by atoms with Crippen LogP contribution in [0.5, 0.6) is 0 Å². The maximum Gasteiger partial charge on any atom is 0.241 e. The maximum atomic E-state index is 12.9. The second kappa shape index (κ2) is 7.86.